The Kier molecular flexibility index (Phi) is 12.6. The molecule has 1 saturated heterocycles. The number of fused-ring (bicyclic) bond motifs is 2. The Morgan fingerprint density at radius 1 is 0.788 bits per heavy atom. The van der Waals surface area contributed by atoms with E-state index in [0.29, 0.717) is 38.5 Å². The van der Waals surface area contributed by atoms with Crippen LogP contribution >= 0.6 is 0 Å². The number of hydrogen-bond donors (Lipinski definition) is 1. The average Bonchev–Trinajstić information content (AvgIpc) is 3.16. The molecule has 0 spiro atoms. The van der Waals surface area contributed by atoms with Gasteiger partial charge in [0.15, 0.2) is 0 Å². The second-order valence-electron chi connectivity index (χ2n) is 12.9. The third kappa shape index (κ3) is 9.60. The fraction of sp³-hybridized carbons (Fsp3) is 0.341. The van der Waals surface area contributed by atoms with Crippen LogP contribution in [0.5, 0.6) is 17.2 Å². The van der Waals surface area contributed by atoms with Crippen LogP contribution in [0.2, 0.25) is 0 Å². The maximum absolute atomic E-state index is 13.6. The van der Waals surface area contributed by atoms with Crippen molar-refractivity contribution in [1.82, 2.24) is 9.62 Å². The van der Waals surface area contributed by atoms with Crippen LogP contribution in [0.3, 0.4) is 0 Å². The third-order valence-corrected chi connectivity index (χ3v) is 11.1. The first-order valence-corrected chi connectivity index (χ1v) is 19.1. The highest BCUT2D eigenvalue weighted by Crippen LogP contribution is 2.35. The van der Waals surface area contributed by atoms with E-state index in [4.69, 9.17) is 23.7 Å². The zero-order valence-corrected chi connectivity index (χ0v) is 30.5. The van der Waals surface area contributed by atoms with Crippen LogP contribution in [0.1, 0.15) is 35.1 Å². The van der Waals surface area contributed by atoms with Gasteiger partial charge in [0.1, 0.15) is 23.9 Å². The lowest BCUT2D eigenvalue weighted by Crippen LogP contribution is -2.61. The summed E-state index contributed by atoms with van der Waals surface area (Å²) < 4.78 is 57.3. The monoisotopic (exact) mass is 726 g/mol. The highest BCUT2D eigenvalue weighted by molar-refractivity contribution is 7.88. The molecule has 52 heavy (non-hydrogen) atoms. The van der Waals surface area contributed by atoms with Crippen molar-refractivity contribution in [2.45, 2.75) is 43.7 Å². The van der Waals surface area contributed by atoms with E-state index >= 15 is 0 Å². The Morgan fingerprint density at radius 2 is 1.46 bits per heavy atom. The number of nitrogens with one attached hydrogen (secondary N) is 1. The van der Waals surface area contributed by atoms with Gasteiger partial charge in [-0.15, -0.1) is 0 Å². The largest absolute Gasteiger partial charge is 0.496 e. The van der Waals surface area contributed by atoms with Gasteiger partial charge in [0.25, 0.3) is 0 Å². The van der Waals surface area contributed by atoms with Crippen molar-refractivity contribution in [2.75, 3.05) is 47.1 Å². The van der Waals surface area contributed by atoms with Crippen LogP contribution in [0.4, 0.5) is 0 Å². The maximum atomic E-state index is 13.6. The number of sulfonamides is 1. The summed E-state index contributed by atoms with van der Waals surface area (Å²) in [4.78, 5) is 13.1. The number of ether oxygens (including phenoxy) is 5. The van der Waals surface area contributed by atoms with Crippen LogP contribution in [0.25, 0.3) is 5.57 Å². The molecule has 0 radical (unpaired) electrons. The molecular formula is C41H46N2O8S. The number of rotatable bonds is 17. The van der Waals surface area contributed by atoms with E-state index in [2.05, 4.69) is 5.32 Å². The Morgan fingerprint density at radius 3 is 2.19 bits per heavy atom. The molecule has 2 aliphatic rings. The third-order valence-electron chi connectivity index (χ3n) is 9.36. The van der Waals surface area contributed by atoms with Gasteiger partial charge in [0, 0.05) is 42.7 Å². The van der Waals surface area contributed by atoms with Crippen LogP contribution in [0.15, 0.2) is 109 Å². The van der Waals surface area contributed by atoms with Crippen LogP contribution in [-0.4, -0.2) is 77.9 Å². The summed E-state index contributed by atoms with van der Waals surface area (Å²) in [5.41, 5.74) is 5.39. The molecule has 2 bridgehead atoms. The van der Waals surface area contributed by atoms with E-state index in [1.165, 1.54) is 0 Å². The van der Waals surface area contributed by atoms with Gasteiger partial charge in [-0.1, -0.05) is 78.9 Å². The molecule has 6 rings (SSSR count). The zero-order valence-electron chi connectivity index (χ0n) is 29.7. The fourth-order valence-corrected chi connectivity index (χ4v) is 8.33. The summed E-state index contributed by atoms with van der Waals surface area (Å²) >= 11 is 0. The van der Waals surface area contributed by atoms with Crippen molar-refractivity contribution in [3.05, 3.63) is 131 Å². The van der Waals surface area contributed by atoms with Crippen LogP contribution in [0, 0.1) is 0 Å². The molecule has 1 fully saturated rings. The van der Waals surface area contributed by atoms with Crippen LogP contribution in [-0.2, 0) is 43.1 Å². The molecule has 0 aliphatic carbocycles. The molecule has 10 nitrogen and oxygen atoms in total. The second kappa shape index (κ2) is 17.7. The highest BCUT2D eigenvalue weighted by Gasteiger charge is 2.40. The van der Waals surface area contributed by atoms with Crippen LogP contribution < -0.4 is 19.5 Å². The quantitative estimate of drug-likeness (QED) is 0.107. The molecule has 1 unspecified atom stereocenters. The van der Waals surface area contributed by atoms with Crippen molar-refractivity contribution in [1.29, 1.82) is 0 Å². The molecule has 0 aromatic heterocycles. The molecule has 274 valence electrons. The zero-order chi connectivity index (χ0) is 36.3. The van der Waals surface area contributed by atoms with Crippen molar-refractivity contribution < 1.29 is 36.9 Å². The minimum atomic E-state index is -3.58. The molecule has 2 heterocycles. The number of piperazine rings is 1. The van der Waals surface area contributed by atoms with Gasteiger partial charge in [-0.25, -0.2) is 8.42 Å². The fourth-order valence-electron chi connectivity index (χ4n) is 6.75. The summed E-state index contributed by atoms with van der Waals surface area (Å²) in [7, 11) is -0.359. The first kappa shape index (κ1) is 37.1. The van der Waals surface area contributed by atoms with Crippen molar-refractivity contribution in [3.63, 3.8) is 0 Å². The summed E-state index contributed by atoms with van der Waals surface area (Å²) in [5, 5.41) is 3.61. The minimum absolute atomic E-state index is 0.0351. The number of hydrogen-bond acceptors (Lipinski definition) is 9. The Hall–Kier alpha value is -4.68. The lowest BCUT2D eigenvalue weighted by molar-refractivity contribution is -0.142. The number of benzene rings is 4. The first-order chi connectivity index (χ1) is 25.3. The molecule has 4 aromatic rings. The predicted octanol–water partition coefficient (Wildman–Crippen LogP) is 5.81. The van der Waals surface area contributed by atoms with E-state index in [9.17, 15) is 13.2 Å². The van der Waals surface area contributed by atoms with Gasteiger partial charge in [-0.2, -0.15) is 4.31 Å². The summed E-state index contributed by atoms with van der Waals surface area (Å²) in [6.45, 7) is 2.16. The van der Waals surface area contributed by atoms with E-state index in [0.717, 1.165) is 51.3 Å². The maximum Gasteiger partial charge on any atom is 0.310 e. The van der Waals surface area contributed by atoms with Crippen molar-refractivity contribution >= 4 is 21.6 Å². The van der Waals surface area contributed by atoms with E-state index in [1.54, 1.807) is 18.5 Å². The molecular weight excluding hydrogens is 681 g/mol. The van der Waals surface area contributed by atoms with Gasteiger partial charge in [-0.05, 0) is 53.0 Å². The standard InChI is InChI=1S/C41H46N2O8S/c1-47-39-15-8-6-13-32(39)23-41(44)51-28-37-36(24-34-25-43(26-38(37)42-34)52(45,46)29-30-11-4-3-5-12-30)31-17-19-35(20-18-31)50-22-10-21-49-27-33-14-7-9-16-40(33)48-2/h3-9,11-20,34,38,42H,10,21-29H2,1-2H3/t34?,38-/m1/s1. The smallest absolute Gasteiger partial charge is 0.310 e. The minimum Gasteiger partial charge on any atom is -0.496 e. The van der Waals surface area contributed by atoms with Crippen molar-refractivity contribution in [2.24, 2.45) is 0 Å². The normalized spacial score (nSPS) is 17.4. The van der Waals surface area contributed by atoms with Gasteiger partial charge in [-0.3, -0.25) is 4.79 Å². The first-order valence-electron chi connectivity index (χ1n) is 17.5. The number of methoxy groups -OCH3 is 2. The molecule has 11 heteroatoms. The Bertz CT molecular complexity index is 1930. The number of esters is 1. The molecule has 2 aliphatic heterocycles. The number of carbonyl (C=O) groups excluding carboxylic acids is 1. The Labute approximate surface area is 306 Å². The summed E-state index contributed by atoms with van der Waals surface area (Å²) in [5.74, 6) is 1.72. The predicted molar refractivity (Wildman–Crippen MR) is 200 cm³/mol. The van der Waals surface area contributed by atoms with Gasteiger partial charge < -0.3 is 29.0 Å². The molecule has 2 atom stereocenters. The Balaban J connectivity index is 1.13. The molecule has 1 N–H and O–H groups in total. The van der Waals surface area contributed by atoms with E-state index < -0.39 is 16.0 Å². The van der Waals surface area contributed by atoms with Gasteiger partial charge >= 0.3 is 5.97 Å². The number of nitrogens with zero attached hydrogens (tertiary/aromatic N) is 1. The van der Waals surface area contributed by atoms with Gasteiger partial charge in [0.05, 0.1) is 46.2 Å². The van der Waals surface area contributed by atoms with Gasteiger partial charge in [0.2, 0.25) is 10.0 Å². The average molecular weight is 727 g/mol. The lowest BCUT2D eigenvalue weighted by Gasteiger charge is -2.44. The van der Waals surface area contributed by atoms with E-state index in [1.807, 2.05) is 103 Å². The topological polar surface area (TPSA) is 113 Å². The summed E-state index contributed by atoms with van der Waals surface area (Å²) in [6, 6.07) is 31.9. The number of para-hydroxylation sites is 2. The molecule has 0 saturated carbocycles. The molecule has 0 amide bonds. The van der Waals surface area contributed by atoms with E-state index in [-0.39, 0.29) is 37.4 Å². The van der Waals surface area contributed by atoms with Crippen molar-refractivity contribution in [3.8, 4) is 17.2 Å². The number of carbonyl (C=O) groups is 1. The SMILES string of the molecule is COc1ccccc1COCCCOc1ccc(C2=C(COC(=O)Cc3ccccc3OC)[C@H]3CN(S(=O)(=O)Cc4ccccc4)CC(C2)N3)cc1. The molecule has 4 aromatic carbocycles. The highest BCUT2D eigenvalue weighted by atomic mass is 32.2. The lowest BCUT2D eigenvalue weighted by atomic mass is 9.84. The second-order valence-corrected chi connectivity index (χ2v) is 14.9. The summed E-state index contributed by atoms with van der Waals surface area (Å²) in [6.07, 6.45) is 1.37.